The molecule has 1 aromatic rings. The average molecular weight is 532 g/mol. The van der Waals surface area contributed by atoms with Crippen LogP contribution in [0.5, 0.6) is 0 Å². The lowest BCUT2D eigenvalue weighted by Crippen LogP contribution is -2.38. The van der Waals surface area contributed by atoms with E-state index >= 15 is 0 Å². The van der Waals surface area contributed by atoms with E-state index in [0.717, 1.165) is 6.20 Å². The Kier molecular flexibility index (Phi) is 7.55. The maximum atomic E-state index is 13.4. The number of alkyl halides is 2. The summed E-state index contributed by atoms with van der Waals surface area (Å²) >= 11 is 0. The molecule has 1 aliphatic heterocycles. The number of nitrogens with one attached hydrogen (secondary N) is 1. The van der Waals surface area contributed by atoms with Crippen molar-refractivity contribution in [1.29, 1.82) is 0 Å². The Hall–Kier alpha value is -1.13. The van der Waals surface area contributed by atoms with Gasteiger partial charge in [0.25, 0.3) is 5.56 Å². The van der Waals surface area contributed by atoms with Crippen LogP contribution in [-0.4, -0.2) is 69.7 Å². The molecule has 0 spiro atoms. The monoisotopic (exact) mass is 532 g/mol. The third kappa shape index (κ3) is 5.33. The Morgan fingerprint density at radius 1 is 1.16 bits per heavy atom. The third-order valence-corrected chi connectivity index (χ3v) is 9.17. The van der Waals surface area contributed by atoms with Crippen LogP contribution < -0.4 is 11.2 Å². The van der Waals surface area contributed by atoms with Gasteiger partial charge < -0.3 is 34.5 Å². The summed E-state index contributed by atoms with van der Waals surface area (Å²) in [5.74, 6) is 0. The molecule has 7 N–H and O–H groups in total. The van der Waals surface area contributed by atoms with Gasteiger partial charge in [-0.15, -0.1) is 0 Å². The molecule has 2 heterocycles. The number of hydrogen-bond acceptors (Lipinski definition) is 10. The fourth-order valence-electron chi connectivity index (χ4n) is 2.42. The maximum Gasteiger partial charge on any atom is 0.479 e. The summed E-state index contributed by atoms with van der Waals surface area (Å²) < 4.78 is 73.9. The molecule has 21 heteroatoms. The van der Waals surface area contributed by atoms with E-state index in [9.17, 15) is 47.2 Å². The standard InChI is InChI=1S/C11H17F2N2O14P3/c1-4-2-15(10(19)14-8(4)18)9-7(17)6(16)5(28-9)3-27-32(25,26)29-31(23,24)11(12,13)30(20,21)22/h2,5-7,9,16-17H,3H2,1H3,(H,23,24)(H,25,26)(H,14,18,19)(H2,20,21,22)/t5-,6-,7-,9-/m1/s1. The molecule has 1 fully saturated rings. The molecule has 1 saturated heterocycles. The predicted molar refractivity (Wildman–Crippen MR) is 95.7 cm³/mol. The summed E-state index contributed by atoms with van der Waals surface area (Å²) in [6.07, 6.45) is -6.20. The summed E-state index contributed by atoms with van der Waals surface area (Å²) in [5.41, 5.74) is -1.80. The first-order valence-electron chi connectivity index (χ1n) is 8.09. The number of nitrogens with zero attached hydrogens (tertiary/aromatic N) is 1. The fraction of sp³-hybridized carbons (Fsp3) is 0.636. The lowest BCUT2D eigenvalue weighted by Gasteiger charge is -2.24. The highest BCUT2D eigenvalue weighted by Gasteiger charge is 2.67. The highest BCUT2D eigenvalue weighted by atomic mass is 31.3. The van der Waals surface area contributed by atoms with Crippen molar-refractivity contribution in [3.05, 3.63) is 32.6 Å². The molecule has 6 atom stereocenters. The molecule has 0 amide bonds. The smallest absolute Gasteiger partial charge is 0.387 e. The molecule has 1 aromatic heterocycles. The summed E-state index contributed by atoms with van der Waals surface area (Å²) in [5, 5.41) is 14.3. The zero-order valence-corrected chi connectivity index (χ0v) is 18.3. The van der Waals surface area contributed by atoms with Crippen molar-refractivity contribution in [1.82, 2.24) is 9.55 Å². The number of H-pyrrole nitrogens is 1. The molecule has 2 unspecified atom stereocenters. The zero-order chi connectivity index (χ0) is 24.9. The van der Waals surface area contributed by atoms with E-state index in [4.69, 9.17) is 19.4 Å². The van der Waals surface area contributed by atoms with Crippen molar-refractivity contribution in [2.45, 2.75) is 36.9 Å². The molecule has 16 nitrogen and oxygen atoms in total. The number of aromatic nitrogens is 2. The normalized spacial score (nSPS) is 28.3. The molecule has 0 saturated carbocycles. The minimum absolute atomic E-state index is 0.00697. The van der Waals surface area contributed by atoms with Gasteiger partial charge in [0.05, 0.1) is 6.61 Å². The molecule has 184 valence electrons. The largest absolute Gasteiger partial charge is 0.479 e. The van der Waals surface area contributed by atoms with Crippen LogP contribution in [-0.2, 0) is 27.3 Å². The Morgan fingerprint density at radius 3 is 2.25 bits per heavy atom. The molecule has 0 aliphatic carbocycles. The molecule has 32 heavy (non-hydrogen) atoms. The lowest BCUT2D eigenvalue weighted by atomic mass is 10.1. The van der Waals surface area contributed by atoms with Crippen LogP contribution in [0.25, 0.3) is 0 Å². The van der Waals surface area contributed by atoms with Crippen LogP contribution in [0.15, 0.2) is 15.8 Å². The quantitative estimate of drug-likeness (QED) is 0.188. The Bertz CT molecular complexity index is 1130. The van der Waals surface area contributed by atoms with Gasteiger partial charge in [0, 0.05) is 11.8 Å². The number of halogens is 2. The SMILES string of the molecule is Cc1cn([C@@H]2O[C@H](COP(=O)(O)OP(=O)(O)C(F)(F)P(=O)(O)O)[C@@H](O)[C@H]2O)c(=O)[nH]c1=O. The number of ether oxygens (including phenoxy) is 1. The maximum absolute atomic E-state index is 13.4. The van der Waals surface area contributed by atoms with Crippen molar-refractivity contribution in [2.24, 2.45) is 0 Å². The highest BCUT2D eigenvalue weighted by molar-refractivity contribution is 7.75. The van der Waals surface area contributed by atoms with Gasteiger partial charge in [-0.1, -0.05) is 0 Å². The van der Waals surface area contributed by atoms with Crippen molar-refractivity contribution < 1.29 is 65.8 Å². The van der Waals surface area contributed by atoms with Gasteiger partial charge in [-0.2, -0.15) is 8.78 Å². The molecule has 2 rings (SSSR count). The van der Waals surface area contributed by atoms with Crippen molar-refractivity contribution >= 4 is 23.0 Å². The van der Waals surface area contributed by atoms with Crippen LogP contribution in [0.3, 0.4) is 0 Å². The zero-order valence-electron chi connectivity index (χ0n) is 15.6. The van der Waals surface area contributed by atoms with Gasteiger partial charge in [0.2, 0.25) is 0 Å². The molecule has 0 radical (unpaired) electrons. The van der Waals surface area contributed by atoms with E-state index in [1.807, 2.05) is 4.98 Å². The molecule has 0 aromatic carbocycles. The number of phosphoric ester groups is 1. The van der Waals surface area contributed by atoms with Gasteiger partial charge in [-0.05, 0) is 6.92 Å². The lowest BCUT2D eigenvalue weighted by molar-refractivity contribution is -0.0543. The molecular weight excluding hydrogens is 515 g/mol. The Morgan fingerprint density at radius 2 is 1.72 bits per heavy atom. The number of aliphatic hydroxyl groups excluding tert-OH is 2. The van der Waals surface area contributed by atoms with Crippen molar-refractivity contribution in [3.8, 4) is 0 Å². The van der Waals surface area contributed by atoms with Crippen molar-refractivity contribution in [3.63, 3.8) is 0 Å². The van der Waals surface area contributed by atoms with E-state index in [0.29, 0.717) is 4.57 Å². The van der Waals surface area contributed by atoms with Gasteiger partial charge >= 0.3 is 34.1 Å². The first-order chi connectivity index (χ1) is 14.3. The summed E-state index contributed by atoms with van der Waals surface area (Å²) in [4.78, 5) is 60.5. The van der Waals surface area contributed by atoms with Crippen LogP contribution in [0.1, 0.15) is 11.8 Å². The van der Waals surface area contributed by atoms with Gasteiger partial charge in [0.1, 0.15) is 18.3 Å². The summed E-state index contributed by atoms with van der Waals surface area (Å²) in [6, 6.07) is 0. The number of hydrogen-bond donors (Lipinski definition) is 7. The van der Waals surface area contributed by atoms with Crippen molar-refractivity contribution in [2.75, 3.05) is 6.61 Å². The number of aliphatic hydroxyl groups is 2. The molecular formula is C11H17F2N2O14P3. The minimum atomic E-state index is -6.77. The van der Waals surface area contributed by atoms with E-state index < -0.39 is 70.8 Å². The van der Waals surface area contributed by atoms with E-state index in [-0.39, 0.29) is 5.56 Å². The summed E-state index contributed by atoms with van der Waals surface area (Å²) in [7, 11) is -19.3. The van der Waals surface area contributed by atoms with Crippen LogP contribution in [0.2, 0.25) is 0 Å². The Labute approximate surface area is 175 Å². The first kappa shape index (κ1) is 27.1. The van der Waals surface area contributed by atoms with Crippen LogP contribution >= 0.6 is 23.0 Å². The first-order valence-corrected chi connectivity index (χ1v) is 12.8. The second-order valence-corrected chi connectivity index (χ2v) is 11.9. The van der Waals surface area contributed by atoms with Crippen LogP contribution in [0, 0.1) is 6.92 Å². The van der Waals surface area contributed by atoms with E-state index in [2.05, 4.69) is 8.83 Å². The van der Waals surface area contributed by atoms with Gasteiger partial charge in [-0.3, -0.25) is 28.0 Å². The van der Waals surface area contributed by atoms with Gasteiger partial charge in [-0.25, -0.2) is 13.7 Å². The highest BCUT2D eigenvalue weighted by Crippen LogP contribution is 2.77. The molecule has 1 aliphatic rings. The topological polar surface area (TPSA) is 255 Å². The third-order valence-electron chi connectivity index (χ3n) is 4.06. The second kappa shape index (κ2) is 8.91. The number of rotatable bonds is 8. The second-order valence-electron chi connectivity index (χ2n) is 6.44. The minimum Gasteiger partial charge on any atom is -0.387 e. The molecule has 0 bridgehead atoms. The fourth-order valence-corrected chi connectivity index (χ4v) is 6.10. The van der Waals surface area contributed by atoms with Crippen LogP contribution in [0.4, 0.5) is 8.78 Å². The number of phosphoric acid groups is 1. The van der Waals surface area contributed by atoms with E-state index in [1.165, 1.54) is 6.92 Å². The number of aromatic amines is 1. The average Bonchev–Trinajstić information content (AvgIpc) is 2.89. The number of aryl methyl sites for hydroxylation is 1. The predicted octanol–water partition coefficient (Wildman–Crippen LogP) is -1.49. The van der Waals surface area contributed by atoms with Gasteiger partial charge in [0.15, 0.2) is 6.23 Å². The van der Waals surface area contributed by atoms with E-state index in [1.54, 1.807) is 0 Å². The Balaban J connectivity index is 2.15. The summed E-state index contributed by atoms with van der Waals surface area (Å²) in [6.45, 7) is 0.0498.